The summed E-state index contributed by atoms with van der Waals surface area (Å²) in [5.41, 5.74) is 0. The maximum atomic E-state index is 12.7. The second kappa shape index (κ2) is 7.11. The first-order valence-corrected chi connectivity index (χ1v) is 7.93. The molecule has 2 rings (SSSR count). The molecular weight excluding hydrogens is 272 g/mol. The Morgan fingerprint density at radius 2 is 1.86 bits per heavy atom. The van der Waals surface area contributed by atoms with Gasteiger partial charge < -0.3 is 20.0 Å². The van der Waals surface area contributed by atoms with Crippen molar-refractivity contribution in [3.63, 3.8) is 0 Å². The van der Waals surface area contributed by atoms with Crippen LogP contribution in [0.2, 0.25) is 0 Å². The minimum absolute atomic E-state index is 0.0196. The Labute approximate surface area is 125 Å². The molecule has 120 valence electrons. The fourth-order valence-electron chi connectivity index (χ4n) is 3.56. The van der Waals surface area contributed by atoms with Gasteiger partial charge in [0.2, 0.25) is 0 Å². The molecule has 2 fully saturated rings. The van der Waals surface area contributed by atoms with Crippen LogP contribution in [0.4, 0.5) is 4.79 Å². The van der Waals surface area contributed by atoms with Gasteiger partial charge in [-0.25, -0.2) is 4.79 Å². The molecule has 0 spiro atoms. The summed E-state index contributed by atoms with van der Waals surface area (Å²) in [6, 6.07) is 0.0872. The Bertz CT molecular complexity index is 382. The standard InChI is InChI=1S/C15H26N2O4/c1-11-9-16(10-13(11)14(19)20)15(21)17(7-8-18)12-5-3-2-4-6-12/h11-13,18H,2-10H2,1H3,(H,19,20). The molecule has 6 heteroatoms. The number of carboxylic acids is 1. The largest absolute Gasteiger partial charge is 0.481 e. The molecule has 2 N–H and O–H groups in total. The van der Waals surface area contributed by atoms with Gasteiger partial charge in [-0.15, -0.1) is 0 Å². The molecule has 0 aromatic rings. The van der Waals surface area contributed by atoms with E-state index in [1.807, 2.05) is 6.92 Å². The van der Waals surface area contributed by atoms with Gasteiger partial charge >= 0.3 is 12.0 Å². The molecule has 1 saturated carbocycles. The topological polar surface area (TPSA) is 81.1 Å². The number of carboxylic acid groups (broad SMARTS) is 1. The molecule has 0 aromatic carbocycles. The van der Waals surface area contributed by atoms with Crippen molar-refractivity contribution in [2.45, 2.75) is 45.1 Å². The lowest BCUT2D eigenvalue weighted by molar-refractivity contribution is -0.142. The first-order chi connectivity index (χ1) is 10.0. The van der Waals surface area contributed by atoms with Gasteiger partial charge in [0.05, 0.1) is 12.5 Å². The SMILES string of the molecule is CC1CN(C(=O)N(CCO)C2CCCCC2)CC1C(=O)O. The van der Waals surface area contributed by atoms with Crippen molar-refractivity contribution in [1.82, 2.24) is 9.80 Å². The van der Waals surface area contributed by atoms with E-state index in [0.29, 0.717) is 13.1 Å². The van der Waals surface area contributed by atoms with E-state index in [1.165, 1.54) is 6.42 Å². The maximum Gasteiger partial charge on any atom is 0.320 e. The van der Waals surface area contributed by atoms with Crippen LogP contribution in [-0.2, 0) is 4.79 Å². The second-order valence-corrected chi connectivity index (χ2v) is 6.32. The summed E-state index contributed by atoms with van der Waals surface area (Å²) in [6.07, 6.45) is 5.41. The third-order valence-corrected chi connectivity index (χ3v) is 4.80. The van der Waals surface area contributed by atoms with E-state index in [4.69, 9.17) is 0 Å². The highest BCUT2D eigenvalue weighted by Crippen LogP contribution is 2.27. The van der Waals surface area contributed by atoms with Gasteiger partial charge in [-0.1, -0.05) is 26.2 Å². The van der Waals surface area contributed by atoms with Gasteiger partial charge in [0.25, 0.3) is 0 Å². The zero-order valence-electron chi connectivity index (χ0n) is 12.7. The fraction of sp³-hybridized carbons (Fsp3) is 0.867. The zero-order valence-corrected chi connectivity index (χ0v) is 12.7. The van der Waals surface area contributed by atoms with Crippen LogP contribution in [0.3, 0.4) is 0 Å². The van der Waals surface area contributed by atoms with Gasteiger partial charge in [0.15, 0.2) is 0 Å². The van der Waals surface area contributed by atoms with Crippen molar-refractivity contribution in [3.8, 4) is 0 Å². The number of aliphatic carboxylic acids is 1. The lowest BCUT2D eigenvalue weighted by Crippen LogP contribution is -2.49. The highest BCUT2D eigenvalue weighted by Gasteiger charge is 2.39. The van der Waals surface area contributed by atoms with Crippen molar-refractivity contribution in [2.24, 2.45) is 11.8 Å². The van der Waals surface area contributed by atoms with Gasteiger partial charge in [0.1, 0.15) is 0 Å². The number of aliphatic hydroxyl groups excluding tert-OH is 1. The number of carbonyl (C=O) groups is 2. The predicted octanol–water partition coefficient (Wildman–Crippen LogP) is 1.39. The molecule has 21 heavy (non-hydrogen) atoms. The number of hydrogen-bond donors (Lipinski definition) is 2. The Kier molecular flexibility index (Phi) is 5.45. The predicted molar refractivity (Wildman–Crippen MR) is 77.9 cm³/mol. The first-order valence-electron chi connectivity index (χ1n) is 7.93. The summed E-state index contributed by atoms with van der Waals surface area (Å²) < 4.78 is 0. The molecule has 6 nitrogen and oxygen atoms in total. The number of amides is 2. The van der Waals surface area contributed by atoms with E-state index in [2.05, 4.69) is 0 Å². The van der Waals surface area contributed by atoms with Gasteiger partial charge in [-0.2, -0.15) is 0 Å². The summed E-state index contributed by atoms with van der Waals surface area (Å²) in [7, 11) is 0. The molecule has 0 bridgehead atoms. The number of aliphatic hydroxyl groups is 1. The highest BCUT2D eigenvalue weighted by atomic mass is 16.4. The molecule has 2 unspecified atom stereocenters. The van der Waals surface area contributed by atoms with Crippen LogP contribution in [0, 0.1) is 11.8 Å². The lowest BCUT2D eigenvalue weighted by atomic mass is 9.94. The van der Waals surface area contributed by atoms with Crippen molar-refractivity contribution in [1.29, 1.82) is 0 Å². The third-order valence-electron chi connectivity index (χ3n) is 4.80. The van der Waals surface area contributed by atoms with E-state index < -0.39 is 11.9 Å². The number of likely N-dealkylation sites (tertiary alicyclic amines) is 1. The van der Waals surface area contributed by atoms with Crippen molar-refractivity contribution in [3.05, 3.63) is 0 Å². The Morgan fingerprint density at radius 3 is 2.38 bits per heavy atom. The van der Waals surface area contributed by atoms with Crippen LogP contribution in [-0.4, -0.2) is 64.3 Å². The fourth-order valence-corrected chi connectivity index (χ4v) is 3.56. The third kappa shape index (κ3) is 3.67. The molecule has 2 atom stereocenters. The molecule has 2 amide bonds. The molecule has 2 aliphatic rings. The van der Waals surface area contributed by atoms with Crippen LogP contribution >= 0.6 is 0 Å². The Balaban J connectivity index is 2.03. The second-order valence-electron chi connectivity index (χ2n) is 6.32. The van der Waals surface area contributed by atoms with E-state index in [9.17, 15) is 19.8 Å². The average molecular weight is 298 g/mol. The smallest absolute Gasteiger partial charge is 0.320 e. The average Bonchev–Trinajstić information content (AvgIpc) is 2.87. The normalized spacial score (nSPS) is 26.9. The quantitative estimate of drug-likeness (QED) is 0.821. The van der Waals surface area contributed by atoms with Gasteiger partial charge in [0, 0.05) is 25.7 Å². The number of urea groups is 1. The minimum atomic E-state index is -0.829. The number of rotatable bonds is 4. The molecule has 1 saturated heterocycles. The Morgan fingerprint density at radius 1 is 1.19 bits per heavy atom. The van der Waals surface area contributed by atoms with Crippen LogP contribution in [0.1, 0.15) is 39.0 Å². The van der Waals surface area contributed by atoms with Crippen LogP contribution in [0.25, 0.3) is 0 Å². The molecule has 0 aromatic heterocycles. The van der Waals surface area contributed by atoms with Gasteiger partial charge in [-0.05, 0) is 18.8 Å². The van der Waals surface area contributed by atoms with Crippen LogP contribution in [0.15, 0.2) is 0 Å². The lowest BCUT2D eigenvalue weighted by Gasteiger charge is -2.36. The van der Waals surface area contributed by atoms with E-state index in [1.54, 1.807) is 9.80 Å². The summed E-state index contributed by atoms with van der Waals surface area (Å²) in [6.45, 7) is 2.94. The van der Waals surface area contributed by atoms with E-state index in [-0.39, 0.29) is 31.1 Å². The summed E-state index contributed by atoms with van der Waals surface area (Å²) in [4.78, 5) is 27.3. The van der Waals surface area contributed by atoms with Crippen LogP contribution < -0.4 is 0 Å². The first kappa shape index (κ1) is 16.1. The zero-order chi connectivity index (χ0) is 15.4. The van der Waals surface area contributed by atoms with Crippen molar-refractivity contribution < 1.29 is 19.8 Å². The molecule has 1 aliphatic carbocycles. The minimum Gasteiger partial charge on any atom is -0.481 e. The Hall–Kier alpha value is -1.30. The number of hydrogen-bond acceptors (Lipinski definition) is 3. The summed E-state index contributed by atoms with van der Waals surface area (Å²) in [5, 5.41) is 18.4. The van der Waals surface area contributed by atoms with Gasteiger partial charge in [-0.3, -0.25) is 4.79 Å². The monoisotopic (exact) mass is 298 g/mol. The van der Waals surface area contributed by atoms with Crippen LogP contribution in [0.5, 0.6) is 0 Å². The van der Waals surface area contributed by atoms with E-state index >= 15 is 0 Å². The summed E-state index contributed by atoms with van der Waals surface area (Å²) >= 11 is 0. The molecule has 0 radical (unpaired) electrons. The molecular formula is C15H26N2O4. The molecule has 1 aliphatic heterocycles. The van der Waals surface area contributed by atoms with Crippen molar-refractivity contribution in [2.75, 3.05) is 26.2 Å². The number of carbonyl (C=O) groups excluding carboxylic acids is 1. The summed E-state index contributed by atoms with van der Waals surface area (Å²) in [5.74, 6) is -1.32. The van der Waals surface area contributed by atoms with Crippen molar-refractivity contribution >= 4 is 12.0 Å². The molecule has 1 heterocycles. The van der Waals surface area contributed by atoms with E-state index in [0.717, 1.165) is 25.7 Å². The number of nitrogens with zero attached hydrogens (tertiary/aromatic N) is 2. The maximum absolute atomic E-state index is 12.7. The highest BCUT2D eigenvalue weighted by molar-refractivity contribution is 5.78.